The molecule has 4 heteroatoms. The van der Waals surface area contributed by atoms with E-state index in [1.165, 1.54) is 257 Å². The third-order valence-corrected chi connectivity index (χ3v) is 12.9. The van der Waals surface area contributed by atoms with Crippen molar-refractivity contribution in [3.8, 4) is 0 Å². The van der Waals surface area contributed by atoms with Crippen LogP contribution in [-0.4, -0.2) is 34.9 Å². The predicted molar refractivity (Wildman–Crippen MR) is 267 cm³/mol. The van der Waals surface area contributed by atoms with Crippen molar-refractivity contribution >= 4 is 5.91 Å². The van der Waals surface area contributed by atoms with Crippen molar-refractivity contribution < 1.29 is 15.0 Å². The minimum Gasteiger partial charge on any atom is -0.394 e. The molecule has 0 bridgehead atoms. The molecule has 0 aromatic heterocycles. The molecule has 3 N–H and O–H groups in total. The fraction of sp³-hybridized carbons (Fsp3) is 0.911. The molecule has 0 radical (unpaired) electrons. The van der Waals surface area contributed by atoms with E-state index in [2.05, 4.69) is 31.3 Å². The van der Waals surface area contributed by atoms with Crippen LogP contribution in [0.1, 0.15) is 309 Å². The highest BCUT2D eigenvalue weighted by atomic mass is 16.3. The number of carbonyl (C=O) groups excluding carboxylic acids is 1. The zero-order valence-electron chi connectivity index (χ0n) is 41.0. The van der Waals surface area contributed by atoms with Gasteiger partial charge in [-0.1, -0.05) is 295 Å². The van der Waals surface area contributed by atoms with Crippen LogP contribution in [0.3, 0.4) is 0 Å². The molecule has 1 amide bonds. The van der Waals surface area contributed by atoms with Crippen molar-refractivity contribution in [3.63, 3.8) is 0 Å². The van der Waals surface area contributed by atoms with Gasteiger partial charge in [0.15, 0.2) is 0 Å². The van der Waals surface area contributed by atoms with E-state index in [1.807, 2.05) is 6.08 Å². The summed E-state index contributed by atoms with van der Waals surface area (Å²) >= 11 is 0. The molecule has 2 unspecified atom stereocenters. The predicted octanol–water partition coefficient (Wildman–Crippen LogP) is 17.9. The molecular formula is C56H109NO3. The van der Waals surface area contributed by atoms with E-state index in [4.69, 9.17) is 0 Å². The Hall–Kier alpha value is -1.13. The lowest BCUT2D eigenvalue weighted by Crippen LogP contribution is -2.45. The second kappa shape index (κ2) is 52.2. The second-order valence-electron chi connectivity index (χ2n) is 19.0. The monoisotopic (exact) mass is 844 g/mol. The first kappa shape index (κ1) is 58.9. The molecule has 0 spiro atoms. The molecule has 0 aliphatic heterocycles. The van der Waals surface area contributed by atoms with Gasteiger partial charge in [-0.25, -0.2) is 0 Å². The molecule has 0 saturated carbocycles. The van der Waals surface area contributed by atoms with Gasteiger partial charge in [0.2, 0.25) is 5.91 Å². The topological polar surface area (TPSA) is 69.6 Å². The number of hydrogen-bond donors (Lipinski definition) is 3. The summed E-state index contributed by atoms with van der Waals surface area (Å²) in [5.74, 6) is -0.0692. The van der Waals surface area contributed by atoms with Crippen LogP contribution in [0.5, 0.6) is 0 Å². The van der Waals surface area contributed by atoms with Crippen molar-refractivity contribution in [3.05, 3.63) is 24.3 Å². The summed E-state index contributed by atoms with van der Waals surface area (Å²) < 4.78 is 0. The Labute approximate surface area is 377 Å². The molecule has 0 aliphatic carbocycles. The number of nitrogens with one attached hydrogen (secondary N) is 1. The van der Waals surface area contributed by atoms with E-state index >= 15 is 0 Å². The van der Waals surface area contributed by atoms with Crippen molar-refractivity contribution in [1.82, 2.24) is 5.32 Å². The van der Waals surface area contributed by atoms with Crippen molar-refractivity contribution in [2.24, 2.45) is 0 Å². The number of carbonyl (C=O) groups is 1. The van der Waals surface area contributed by atoms with Gasteiger partial charge in [-0.15, -0.1) is 0 Å². The van der Waals surface area contributed by atoms with Gasteiger partial charge in [0.25, 0.3) is 0 Å². The van der Waals surface area contributed by atoms with Crippen LogP contribution in [-0.2, 0) is 4.79 Å². The average Bonchev–Trinajstić information content (AvgIpc) is 3.25. The molecule has 0 fully saturated rings. The standard InChI is InChI=1S/C56H109NO3/c1-3-5-7-9-11-13-15-17-18-19-20-21-22-23-24-25-26-27-28-29-30-31-32-33-34-35-36-37-38-39-40-42-44-46-48-50-52-56(60)57-54(53-58)55(59)51-49-47-45-43-41-16-14-12-10-8-6-4-2/h41,43,49,51,54-55,58-59H,3-40,42,44-48,50,52-53H2,1-2H3,(H,57,60)/b43-41+,51-49+. The van der Waals surface area contributed by atoms with E-state index in [0.717, 1.165) is 32.1 Å². The average molecular weight is 844 g/mol. The fourth-order valence-corrected chi connectivity index (χ4v) is 8.73. The summed E-state index contributed by atoms with van der Waals surface area (Å²) in [6, 6.07) is -0.634. The van der Waals surface area contributed by atoms with Crippen LogP contribution in [0.2, 0.25) is 0 Å². The lowest BCUT2D eigenvalue weighted by Gasteiger charge is -2.19. The Morgan fingerprint density at radius 2 is 0.650 bits per heavy atom. The molecule has 0 aromatic rings. The normalized spacial score (nSPS) is 12.9. The number of rotatable bonds is 51. The largest absolute Gasteiger partial charge is 0.394 e. The Kier molecular flexibility index (Phi) is 51.2. The highest BCUT2D eigenvalue weighted by Crippen LogP contribution is 2.18. The van der Waals surface area contributed by atoms with Gasteiger partial charge < -0.3 is 15.5 Å². The third kappa shape index (κ3) is 47.9. The molecule has 60 heavy (non-hydrogen) atoms. The van der Waals surface area contributed by atoms with E-state index in [9.17, 15) is 15.0 Å². The van der Waals surface area contributed by atoms with Gasteiger partial charge in [-0.3, -0.25) is 4.79 Å². The molecule has 0 heterocycles. The van der Waals surface area contributed by atoms with Crippen LogP contribution < -0.4 is 5.32 Å². The highest BCUT2D eigenvalue weighted by Gasteiger charge is 2.18. The smallest absolute Gasteiger partial charge is 0.220 e. The van der Waals surface area contributed by atoms with E-state index in [-0.39, 0.29) is 12.5 Å². The highest BCUT2D eigenvalue weighted by molar-refractivity contribution is 5.76. The molecule has 356 valence electrons. The maximum atomic E-state index is 12.4. The van der Waals surface area contributed by atoms with Crippen LogP contribution in [0.25, 0.3) is 0 Å². The van der Waals surface area contributed by atoms with Crippen LogP contribution in [0.4, 0.5) is 0 Å². The number of aliphatic hydroxyl groups is 2. The molecule has 0 saturated heterocycles. The molecule has 0 rings (SSSR count). The summed E-state index contributed by atoms with van der Waals surface area (Å²) in [4.78, 5) is 12.4. The van der Waals surface area contributed by atoms with Gasteiger partial charge >= 0.3 is 0 Å². The summed E-state index contributed by atoms with van der Waals surface area (Å²) in [6.45, 7) is 4.30. The summed E-state index contributed by atoms with van der Waals surface area (Å²) in [7, 11) is 0. The van der Waals surface area contributed by atoms with Crippen LogP contribution in [0.15, 0.2) is 24.3 Å². The first-order valence-corrected chi connectivity index (χ1v) is 27.6. The molecule has 2 atom stereocenters. The Balaban J connectivity index is 3.36. The lowest BCUT2D eigenvalue weighted by molar-refractivity contribution is -0.123. The minimum atomic E-state index is -0.858. The van der Waals surface area contributed by atoms with E-state index in [0.29, 0.717) is 6.42 Å². The minimum absolute atomic E-state index is 0.0692. The molecule has 0 aliphatic rings. The van der Waals surface area contributed by atoms with Crippen molar-refractivity contribution in [1.29, 1.82) is 0 Å². The first-order valence-electron chi connectivity index (χ1n) is 27.6. The second-order valence-corrected chi connectivity index (χ2v) is 19.0. The van der Waals surface area contributed by atoms with Crippen molar-refractivity contribution in [2.75, 3.05) is 6.61 Å². The number of hydrogen-bond acceptors (Lipinski definition) is 3. The number of aliphatic hydroxyl groups excluding tert-OH is 2. The molecular weight excluding hydrogens is 735 g/mol. The SMILES string of the molecule is CCCCCCCC/C=C/CC/C=C/C(O)C(CO)NC(=O)CCCCCCCCCCCCCCCCCCCCCCCCCCCCCCCCCCCCCC. The number of allylic oxidation sites excluding steroid dienone is 3. The molecule has 4 nitrogen and oxygen atoms in total. The number of unbranched alkanes of at least 4 members (excludes halogenated alkanes) is 42. The van der Waals surface area contributed by atoms with Gasteiger partial charge in [-0.05, 0) is 32.1 Å². The van der Waals surface area contributed by atoms with Crippen LogP contribution >= 0.6 is 0 Å². The summed E-state index contributed by atoms with van der Waals surface area (Å²) in [6.07, 6.45) is 69.3. The third-order valence-electron chi connectivity index (χ3n) is 12.9. The van der Waals surface area contributed by atoms with E-state index < -0.39 is 12.1 Å². The van der Waals surface area contributed by atoms with E-state index in [1.54, 1.807) is 6.08 Å². The fourth-order valence-electron chi connectivity index (χ4n) is 8.73. The number of amides is 1. The van der Waals surface area contributed by atoms with Crippen molar-refractivity contribution in [2.45, 2.75) is 321 Å². The Morgan fingerprint density at radius 1 is 0.383 bits per heavy atom. The van der Waals surface area contributed by atoms with Gasteiger partial charge in [0.1, 0.15) is 0 Å². The first-order chi connectivity index (χ1) is 29.7. The van der Waals surface area contributed by atoms with Crippen LogP contribution in [0, 0.1) is 0 Å². The summed E-state index contributed by atoms with van der Waals surface area (Å²) in [5.41, 5.74) is 0. The van der Waals surface area contributed by atoms with Gasteiger partial charge in [-0.2, -0.15) is 0 Å². The zero-order valence-corrected chi connectivity index (χ0v) is 41.0. The Morgan fingerprint density at radius 3 is 0.967 bits per heavy atom. The lowest BCUT2D eigenvalue weighted by atomic mass is 10.0. The van der Waals surface area contributed by atoms with Gasteiger partial charge in [0.05, 0.1) is 18.8 Å². The maximum absolute atomic E-state index is 12.4. The summed E-state index contributed by atoms with van der Waals surface area (Å²) in [5, 5.41) is 23.0. The zero-order chi connectivity index (χ0) is 43.5. The molecule has 0 aromatic carbocycles. The maximum Gasteiger partial charge on any atom is 0.220 e. The van der Waals surface area contributed by atoms with Gasteiger partial charge in [0, 0.05) is 6.42 Å². The quantitative estimate of drug-likeness (QED) is 0.0422. The Bertz CT molecular complexity index is 871.